The molecule has 2 rings (SSSR count). The van der Waals surface area contributed by atoms with Crippen LogP contribution in [-0.2, 0) is 30.5 Å². The first-order chi connectivity index (χ1) is 22.7. The maximum absolute atomic E-state index is 14.7. The number of methoxy groups -OCH3 is 2. The smallest absolute Gasteiger partial charge is 0.422 e. The molecule has 1 aromatic heterocycles. The van der Waals surface area contributed by atoms with Crippen LogP contribution in [0.25, 0.3) is 11.3 Å². The molecule has 16 heteroatoms. The summed E-state index contributed by atoms with van der Waals surface area (Å²) in [5, 5.41) is 7.56. The first kappa shape index (κ1) is 40.9. The van der Waals surface area contributed by atoms with E-state index in [2.05, 4.69) is 58.2 Å². The van der Waals surface area contributed by atoms with E-state index in [1.165, 1.54) is 18.2 Å². The van der Waals surface area contributed by atoms with E-state index in [9.17, 15) is 27.6 Å². The highest BCUT2D eigenvalue weighted by Gasteiger charge is 2.61. The Bertz CT molecular complexity index is 1480. The van der Waals surface area contributed by atoms with Crippen molar-refractivity contribution >= 4 is 37.6 Å². The molecule has 12 nitrogen and oxygen atoms in total. The Morgan fingerprint density at radius 2 is 1.71 bits per heavy atom. The Kier molecular flexibility index (Phi) is 14.1. The lowest BCUT2D eigenvalue weighted by atomic mass is 9.92. The van der Waals surface area contributed by atoms with Crippen LogP contribution in [0.5, 0.6) is 0 Å². The number of imidazole rings is 1. The Balaban J connectivity index is 2.81. The topological polar surface area (TPSA) is 142 Å². The molecule has 0 aliphatic heterocycles. The number of halogens is 3. The lowest BCUT2D eigenvalue weighted by Gasteiger charge is -2.34. The van der Waals surface area contributed by atoms with Gasteiger partial charge in [-0.05, 0) is 51.4 Å². The van der Waals surface area contributed by atoms with Crippen LogP contribution in [0.1, 0.15) is 45.5 Å². The molecule has 49 heavy (non-hydrogen) atoms. The van der Waals surface area contributed by atoms with Gasteiger partial charge in [0.25, 0.3) is 0 Å². The number of aromatic nitrogens is 2. The second-order valence-electron chi connectivity index (χ2n) is 13.4. The molecule has 2 amide bonds. The van der Waals surface area contributed by atoms with Gasteiger partial charge in [-0.2, -0.15) is 13.2 Å². The fourth-order valence-corrected chi connectivity index (χ4v) is 5.31. The Labute approximate surface area is 286 Å². The average molecular weight is 712 g/mol. The fraction of sp³-hybridized carbons (Fsp3) is 0.515. The molecule has 3 N–H and O–H groups in total. The summed E-state index contributed by atoms with van der Waals surface area (Å²) in [5.41, 5.74) is -3.93. The van der Waals surface area contributed by atoms with Crippen molar-refractivity contribution in [2.45, 2.75) is 89.4 Å². The van der Waals surface area contributed by atoms with Crippen LogP contribution in [0.2, 0.25) is 25.7 Å². The molecule has 0 saturated heterocycles. The van der Waals surface area contributed by atoms with E-state index in [1.807, 2.05) is 0 Å². The van der Waals surface area contributed by atoms with Crippen LogP contribution in [0.3, 0.4) is 0 Å². The summed E-state index contributed by atoms with van der Waals surface area (Å²) < 4.78 is 66.6. The van der Waals surface area contributed by atoms with Crippen LogP contribution in [0.15, 0.2) is 49.7 Å². The Morgan fingerprint density at radius 1 is 1.04 bits per heavy atom. The van der Waals surface area contributed by atoms with Gasteiger partial charge in [-0.25, -0.2) is 19.4 Å². The van der Waals surface area contributed by atoms with E-state index in [4.69, 9.17) is 14.5 Å². The van der Waals surface area contributed by atoms with Crippen molar-refractivity contribution < 1.29 is 46.5 Å². The van der Waals surface area contributed by atoms with Crippen LogP contribution < -0.4 is 16.0 Å². The maximum atomic E-state index is 14.7. The van der Waals surface area contributed by atoms with Crippen molar-refractivity contribution in [3.63, 3.8) is 0 Å². The van der Waals surface area contributed by atoms with Gasteiger partial charge in [-0.3, -0.25) is 5.32 Å². The standard InChI is InChI=1S/C33H48F3N5O7Si/c1-11-13-24(39-30(44)48-31(3,4)5)27-38-26(20-41(27)21-47-17-18-49(8,9)10)23-15-14-22(37-29(43)46-7)19-25(23)40-32(16-12-2,28(42)45-6)33(34,35)36/h11-12,14-15,19-20,24,40H,1-2,13,16-18,21H2,3-10H3,(H,37,43)(H,39,44)/t24-,32?/m0/s1. The third-order valence-electron chi connectivity index (χ3n) is 6.98. The summed E-state index contributed by atoms with van der Waals surface area (Å²) in [7, 11) is 0.532. The molecule has 0 saturated carbocycles. The molecule has 0 aliphatic carbocycles. The van der Waals surface area contributed by atoms with Crippen molar-refractivity contribution in [2.75, 3.05) is 31.5 Å². The SMILES string of the molecule is C=CC[C@H](NC(=O)OC(C)(C)C)c1nc(-c2ccc(NC(=O)OC)cc2NC(CC=C)(C(=O)OC)C(F)(F)F)cn1COCC[Si](C)(C)C. The summed E-state index contributed by atoms with van der Waals surface area (Å²) >= 11 is 0. The molecule has 1 unspecified atom stereocenters. The highest BCUT2D eigenvalue weighted by Crippen LogP contribution is 2.41. The zero-order valence-corrected chi connectivity index (χ0v) is 30.4. The number of ether oxygens (including phenoxy) is 4. The summed E-state index contributed by atoms with van der Waals surface area (Å²) in [4.78, 5) is 42.4. The second kappa shape index (κ2) is 16.9. The molecule has 0 radical (unpaired) electrons. The number of rotatable bonds is 16. The number of anilines is 2. The fourth-order valence-electron chi connectivity index (χ4n) is 4.55. The third-order valence-corrected chi connectivity index (χ3v) is 8.69. The van der Waals surface area contributed by atoms with Crippen LogP contribution in [0, 0.1) is 0 Å². The molecule has 272 valence electrons. The van der Waals surface area contributed by atoms with Crippen LogP contribution in [0.4, 0.5) is 34.1 Å². The minimum atomic E-state index is -5.15. The summed E-state index contributed by atoms with van der Waals surface area (Å²) in [6.07, 6.45) is -3.32. The van der Waals surface area contributed by atoms with Gasteiger partial charge in [0.2, 0.25) is 5.54 Å². The number of benzene rings is 1. The number of nitrogens with one attached hydrogen (secondary N) is 3. The lowest BCUT2D eigenvalue weighted by Crippen LogP contribution is -2.58. The molecule has 1 heterocycles. The minimum absolute atomic E-state index is 0.00626. The lowest BCUT2D eigenvalue weighted by molar-refractivity contribution is -0.198. The van der Waals surface area contributed by atoms with Gasteiger partial charge in [0.15, 0.2) is 0 Å². The van der Waals surface area contributed by atoms with Crippen molar-refractivity contribution in [3.8, 4) is 11.3 Å². The van der Waals surface area contributed by atoms with Gasteiger partial charge in [-0.1, -0.05) is 31.8 Å². The molecule has 2 aromatic rings. The Morgan fingerprint density at radius 3 is 2.24 bits per heavy atom. The number of hydrogen-bond donors (Lipinski definition) is 3. The number of alkyl halides is 3. The molecular formula is C33H48F3N5O7Si. The van der Waals surface area contributed by atoms with Crippen molar-refractivity contribution in [1.82, 2.24) is 14.9 Å². The second-order valence-corrected chi connectivity index (χ2v) is 19.0. The number of carbonyl (C=O) groups excluding carboxylic acids is 3. The summed E-state index contributed by atoms with van der Waals surface area (Å²) in [6.45, 7) is 19.4. The van der Waals surface area contributed by atoms with E-state index in [-0.39, 0.29) is 35.8 Å². The zero-order valence-electron chi connectivity index (χ0n) is 29.4. The normalized spacial score (nSPS) is 13.8. The molecular weight excluding hydrogens is 663 g/mol. The molecule has 0 aliphatic rings. The summed E-state index contributed by atoms with van der Waals surface area (Å²) in [5.74, 6) is -1.30. The molecule has 0 fully saturated rings. The molecule has 0 bridgehead atoms. The number of amides is 2. The van der Waals surface area contributed by atoms with Gasteiger partial charge in [0.1, 0.15) is 18.2 Å². The predicted octanol–water partition coefficient (Wildman–Crippen LogP) is 7.64. The van der Waals surface area contributed by atoms with E-state index >= 15 is 0 Å². The average Bonchev–Trinajstić information content (AvgIpc) is 3.40. The number of esters is 1. The summed E-state index contributed by atoms with van der Waals surface area (Å²) in [6, 6.07) is 4.16. The first-order valence-corrected chi connectivity index (χ1v) is 19.2. The van der Waals surface area contributed by atoms with Gasteiger partial charge >= 0.3 is 24.3 Å². The predicted molar refractivity (Wildman–Crippen MR) is 184 cm³/mol. The largest absolute Gasteiger partial charge is 0.467 e. The highest BCUT2D eigenvalue weighted by molar-refractivity contribution is 6.76. The maximum Gasteiger partial charge on any atom is 0.422 e. The Hall–Kier alpha value is -4.31. The van der Waals surface area contributed by atoms with E-state index in [0.717, 1.165) is 26.3 Å². The van der Waals surface area contributed by atoms with Gasteiger partial charge in [0, 0.05) is 44.2 Å². The van der Waals surface area contributed by atoms with E-state index in [0.29, 0.717) is 12.4 Å². The quantitative estimate of drug-likeness (QED) is 0.0526. The van der Waals surface area contributed by atoms with E-state index in [1.54, 1.807) is 37.6 Å². The monoisotopic (exact) mass is 711 g/mol. The highest BCUT2D eigenvalue weighted by atomic mass is 28.3. The number of carbonyl (C=O) groups is 3. The van der Waals surface area contributed by atoms with Gasteiger partial charge < -0.3 is 34.1 Å². The van der Waals surface area contributed by atoms with E-state index < -0.39 is 56.0 Å². The third kappa shape index (κ3) is 11.7. The number of alkyl carbamates (subject to hydrolysis) is 1. The van der Waals surface area contributed by atoms with Crippen LogP contribution in [-0.4, -0.2) is 73.9 Å². The number of nitrogens with zero attached hydrogens (tertiary/aromatic N) is 2. The minimum Gasteiger partial charge on any atom is -0.467 e. The van der Waals surface area contributed by atoms with Gasteiger partial charge in [0.05, 0.1) is 26.0 Å². The van der Waals surface area contributed by atoms with Crippen molar-refractivity contribution in [2.24, 2.45) is 0 Å². The molecule has 1 aromatic carbocycles. The molecule has 0 spiro atoms. The first-order valence-electron chi connectivity index (χ1n) is 15.5. The van der Waals surface area contributed by atoms with Gasteiger partial charge in [-0.15, -0.1) is 13.2 Å². The van der Waals surface area contributed by atoms with Crippen molar-refractivity contribution in [3.05, 3.63) is 55.5 Å². The number of hydrogen-bond acceptors (Lipinski definition) is 9. The van der Waals surface area contributed by atoms with Crippen LogP contribution >= 0.6 is 0 Å². The zero-order chi connectivity index (χ0) is 37.2. The molecule has 2 atom stereocenters. The van der Waals surface area contributed by atoms with Crippen molar-refractivity contribution in [1.29, 1.82) is 0 Å².